The lowest BCUT2D eigenvalue weighted by Gasteiger charge is -1.98. The van der Waals surface area contributed by atoms with Crippen molar-refractivity contribution in [1.82, 2.24) is 9.99 Å². The largest absolute Gasteiger partial charge is 0.469 e. The van der Waals surface area contributed by atoms with Crippen LogP contribution in [0.25, 0.3) is 10.9 Å². The maximum Gasteiger partial charge on any atom is 0.274 e. The molecule has 1 amide bonds. The molecule has 1 N–H and O–H groups in total. The van der Waals surface area contributed by atoms with Gasteiger partial charge in [0.15, 0.2) is 0 Å². The van der Waals surface area contributed by atoms with Gasteiger partial charge in [0.05, 0.1) is 18.0 Å². The molecule has 0 aliphatic heterocycles. The number of hydrogen-bond acceptors (Lipinski definition) is 3. The predicted molar refractivity (Wildman–Crippen MR) is 86.2 cm³/mol. The number of amides is 1. The third kappa shape index (κ3) is 2.30. The quantitative estimate of drug-likeness (QED) is 0.596. The van der Waals surface area contributed by atoms with E-state index in [9.17, 15) is 4.79 Å². The van der Waals surface area contributed by atoms with E-state index in [2.05, 4.69) is 21.2 Å². The first-order valence-electron chi connectivity index (χ1n) is 7.01. The van der Waals surface area contributed by atoms with Gasteiger partial charge in [0.1, 0.15) is 5.76 Å². The van der Waals surface area contributed by atoms with E-state index < -0.39 is 0 Å². The van der Waals surface area contributed by atoms with Crippen molar-refractivity contribution in [2.75, 3.05) is 0 Å². The molecule has 112 valence electrons. The Morgan fingerprint density at radius 2 is 2.05 bits per heavy atom. The maximum absolute atomic E-state index is 12.0. The van der Waals surface area contributed by atoms with Crippen molar-refractivity contribution < 1.29 is 9.21 Å². The van der Waals surface area contributed by atoms with E-state index in [-0.39, 0.29) is 5.91 Å². The Morgan fingerprint density at radius 1 is 1.27 bits per heavy atom. The lowest BCUT2D eigenvalue weighted by molar-refractivity contribution is 0.0953. The standard InChI is InChI=1S/C17H17N3O2/c1-11-15(14-6-4-5-7-16(14)20(11)3)10-18-19-17(21)13-8-9-22-12(13)2/h4-10H,1-3H3,(H,19,21)/b18-10-. The van der Waals surface area contributed by atoms with E-state index in [1.807, 2.05) is 32.2 Å². The minimum absolute atomic E-state index is 0.277. The molecule has 0 saturated heterocycles. The van der Waals surface area contributed by atoms with Crippen LogP contribution in [0, 0.1) is 13.8 Å². The SMILES string of the molecule is Cc1occc1C(=O)N/N=C\c1c(C)n(C)c2ccccc12. The number of aromatic nitrogens is 1. The molecule has 2 aromatic heterocycles. The summed E-state index contributed by atoms with van der Waals surface area (Å²) in [5, 5.41) is 5.19. The summed E-state index contributed by atoms with van der Waals surface area (Å²) >= 11 is 0. The van der Waals surface area contributed by atoms with E-state index in [4.69, 9.17) is 4.42 Å². The Bertz CT molecular complexity index is 871. The zero-order chi connectivity index (χ0) is 15.7. The van der Waals surface area contributed by atoms with E-state index in [1.54, 1.807) is 19.2 Å². The highest BCUT2D eigenvalue weighted by Crippen LogP contribution is 2.22. The minimum atomic E-state index is -0.277. The minimum Gasteiger partial charge on any atom is -0.469 e. The molecule has 3 aromatic rings. The van der Waals surface area contributed by atoms with Crippen LogP contribution in [0.2, 0.25) is 0 Å². The molecule has 0 bridgehead atoms. The summed E-state index contributed by atoms with van der Waals surface area (Å²) in [6.45, 7) is 3.77. The number of carbonyl (C=O) groups excluding carboxylic acids is 1. The highest BCUT2D eigenvalue weighted by Gasteiger charge is 2.11. The van der Waals surface area contributed by atoms with Crippen molar-refractivity contribution >= 4 is 23.0 Å². The van der Waals surface area contributed by atoms with Gasteiger partial charge in [0.2, 0.25) is 0 Å². The van der Waals surface area contributed by atoms with Crippen molar-refractivity contribution in [3.8, 4) is 0 Å². The molecular weight excluding hydrogens is 278 g/mol. The molecule has 22 heavy (non-hydrogen) atoms. The fourth-order valence-electron chi connectivity index (χ4n) is 2.55. The summed E-state index contributed by atoms with van der Waals surface area (Å²) in [6.07, 6.45) is 3.17. The second-order valence-corrected chi connectivity index (χ2v) is 5.16. The summed E-state index contributed by atoms with van der Waals surface area (Å²) in [7, 11) is 2.02. The van der Waals surface area contributed by atoms with Crippen molar-refractivity contribution in [2.24, 2.45) is 12.1 Å². The van der Waals surface area contributed by atoms with Crippen molar-refractivity contribution in [3.63, 3.8) is 0 Å². The second kappa shape index (κ2) is 5.52. The number of furan rings is 1. The molecular formula is C17H17N3O2. The second-order valence-electron chi connectivity index (χ2n) is 5.16. The summed E-state index contributed by atoms with van der Waals surface area (Å²) in [4.78, 5) is 12.0. The summed E-state index contributed by atoms with van der Waals surface area (Å²) in [6, 6.07) is 9.74. The van der Waals surface area contributed by atoms with E-state index >= 15 is 0 Å². The highest BCUT2D eigenvalue weighted by molar-refractivity contribution is 6.02. The molecule has 5 heteroatoms. The van der Waals surface area contributed by atoms with Crippen molar-refractivity contribution in [1.29, 1.82) is 0 Å². The third-order valence-electron chi connectivity index (χ3n) is 3.91. The number of carbonyl (C=O) groups is 1. The van der Waals surface area contributed by atoms with Crippen LogP contribution in [0.3, 0.4) is 0 Å². The number of nitrogens with one attached hydrogen (secondary N) is 1. The third-order valence-corrected chi connectivity index (χ3v) is 3.91. The molecule has 0 atom stereocenters. The van der Waals surface area contributed by atoms with Crippen LogP contribution in [-0.2, 0) is 7.05 Å². The van der Waals surface area contributed by atoms with Gasteiger partial charge in [-0.05, 0) is 26.0 Å². The summed E-state index contributed by atoms with van der Waals surface area (Å²) in [5.74, 6) is 0.300. The molecule has 1 aromatic carbocycles. The van der Waals surface area contributed by atoms with Gasteiger partial charge in [0, 0.05) is 29.2 Å². The molecule has 0 saturated carbocycles. The number of rotatable bonds is 3. The lowest BCUT2D eigenvalue weighted by atomic mass is 10.1. The predicted octanol–water partition coefficient (Wildman–Crippen LogP) is 3.15. The van der Waals surface area contributed by atoms with Crippen LogP contribution in [0.5, 0.6) is 0 Å². The van der Waals surface area contributed by atoms with E-state index in [1.165, 1.54) is 6.26 Å². The summed E-state index contributed by atoms with van der Waals surface area (Å²) in [5.41, 5.74) is 6.26. The monoisotopic (exact) mass is 295 g/mol. The molecule has 0 spiro atoms. The van der Waals surface area contributed by atoms with Gasteiger partial charge in [-0.3, -0.25) is 4.79 Å². The van der Waals surface area contributed by atoms with Gasteiger partial charge < -0.3 is 8.98 Å². The first-order valence-corrected chi connectivity index (χ1v) is 7.01. The zero-order valence-corrected chi connectivity index (χ0v) is 12.8. The van der Waals surface area contributed by atoms with Crippen LogP contribution in [0.1, 0.15) is 27.4 Å². The number of fused-ring (bicyclic) bond motifs is 1. The average Bonchev–Trinajstić information content (AvgIpc) is 3.05. The number of hydrogen-bond donors (Lipinski definition) is 1. The molecule has 0 radical (unpaired) electrons. The van der Waals surface area contributed by atoms with Crippen molar-refractivity contribution in [3.05, 3.63) is 59.2 Å². The molecule has 0 aliphatic rings. The number of nitrogens with zero attached hydrogens (tertiary/aromatic N) is 2. The molecule has 2 heterocycles. The Balaban J connectivity index is 1.86. The molecule has 5 nitrogen and oxygen atoms in total. The van der Waals surface area contributed by atoms with Crippen LogP contribution in [0.15, 0.2) is 46.1 Å². The van der Waals surface area contributed by atoms with Gasteiger partial charge in [-0.1, -0.05) is 18.2 Å². The smallest absolute Gasteiger partial charge is 0.274 e. The van der Waals surface area contributed by atoms with Gasteiger partial charge >= 0.3 is 0 Å². The fraction of sp³-hybridized carbons (Fsp3) is 0.176. The van der Waals surface area contributed by atoms with Crippen LogP contribution >= 0.6 is 0 Å². The van der Waals surface area contributed by atoms with E-state index in [0.29, 0.717) is 11.3 Å². The Morgan fingerprint density at radius 3 is 2.77 bits per heavy atom. The topological polar surface area (TPSA) is 59.5 Å². The first kappa shape index (κ1) is 14.1. The maximum atomic E-state index is 12.0. The molecule has 0 unspecified atom stereocenters. The molecule has 3 rings (SSSR count). The average molecular weight is 295 g/mol. The van der Waals surface area contributed by atoms with Gasteiger partial charge in [-0.15, -0.1) is 0 Å². The fourth-order valence-corrected chi connectivity index (χ4v) is 2.55. The highest BCUT2D eigenvalue weighted by atomic mass is 16.3. The number of aryl methyl sites for hydroxylation is 2. The van der Waals surface area contributed by atoms with E-state index in [0.717, 1.165) is 22.2 Å². The normalized spacial score (nSPS) is 11.4. The lowest BCUT2D eigenvalue weighted by Crippen LogP contribution is -2.17. The van der Waals surface area contributed by atoms with Gasteiger partial charge in [0.25, 0.3) is 5.91 Å². The van der Waals surface area contributed by atoms with Crippen molar-refractivity contribution in [2.45, 2.75) is 13.8 Å². The van der Waals surface area contributed by atoms with Crippen LogP contribution in [0.4, 0.5) is 0 Å². The number of para-hydroxylation sites is 1. The Hall–Kier alpha value is -2.82. The van der Waals surface area contributed by atoms with Crippen LogP contribution < -0.4 is 5.43 Å². The number of hydrazone groups is 1. The van der Waals surface area contributed by atoms with Gasteiger partial charge in [-0.2, -0.15) is 5.10 Å². The van der Waals surface area contributed by atoms with Gasteiger partial charge in [-0.25, -0.2) is 5.43 Å². The molecule has 0 aliphatic carbocycles. The Kier molecular flexibility index (Phi) is 3.55. The number of benzene rings is 1. The molecule has 0 fully saturated rings. The zero-order valence-electron chi connectivity index (χ0n) is 12.8. The first-order chi connectivity index (χ1) is 10.6. The Labute approximate surface area is 128 Å². The van der Waals surface area contributed by atoms with Crippen LogP contribution in [-0.4, -0.2) is 16.7 Å². The summed E-state index contributed by atoms with van der Waals surface area (Å²) < 4.78 is 7.22.